The van der Waals surface area contributed by atoms with Gasteiger partial charge in [0.05, 0.1) is 6.04 Å². The van der Waals surface area contributed by atoms with Crippen molar-refractivity contribution in [2.75, 3.05) is 5.75 Å². The summed E-state index contributed by atoms with van der Waals surface area (Å²) in [5, 5.41) is 3.77. The molecule has 0 radical (unpaired) electrons. The first-order chi connectivity index (χ1) is 11.6. The van der Waals surface area contributed by atoms with Gasteiger partial charge in [-0.2, -0.15) is 0 Å². The Morgan fingerprint density at radius 3 is 2.68 bits per heavy atom. The molecule has 25 heavy (non-hydrogen) atoms. The van der Waals surface area contributed by atoms with Crippen molar-refractivity contribution in [1.82, 2.24) is 5.32 Å². The number of hydrogen-bond donors (Lipinski definition) is 1. The summed E-state index contributed by atoms with van der Waals surface area (Å²) in [5.41, 5.74) is 2.62. The highest BCUT2D eigenvalue weighted by molar-refractivity contribution is 9.09. The molecule has 2 atom stereocenters. The van der Waals surface area contributed by atoms with Gasteiger partial charge in [-0.25, -0.2) is 4.79 Å². The molecule has 1 aliphatic heterocycles. The second-order valence-electron chi connectivity index (χ2n) is 7.03. The maximum atomic E-state index is 12.3. The van der Waals surface area contributed by atoms with Crippen LogP contribution in [0.15, 0.2) is 23.3 Å². The molecule has 0 fully saturated rings. The van der Waals surface area contributed by atoms with Crippen LogP contribution in [-0.4, -0.2) is 17.4 Å². The molecule has 0 saturated carbocycles. The molecule has 1 aliphatic rings. The molecule has 1 aromatic rings. The Morgan fingerprint density at radius 2 is 2.12 bits per heavy atom. The predicted molar refractivity (Wildman–Crippen MR) is 107 cm³/mol. The largest absolute Gasteiger partial charge is 0.450 e. The molecule has 1 N–H and O–H groups in total. The quantitative estimate of drug-likeness (QED) is 0.598. The van der Waals surface area contributed by atoms with E-state index < -0.39 is 11.7 Å². The third-order valence-corrected chi connectivity index (χ3v) is 4.80. The minimum absolute atomic E-state index is 0.148. The predicted octanol–water partition coefficient (Wildman–Crippen LogP) is 6.00. The maximum Gasteiger partial charge on any atom is 0.408 e. The normalized spacial score (nSPS) is 17.9. The number of aryl methyl sites for hydroxylation is 1. The molecule has 0 spiro atoms. The Morgan fingerprint density at radius 1 is 1.44 bits per heavy atom. The summed E-state index contributed by atoms with van der Waals surface area (Å²) < 4.78 is 11.6. The second kappa shape index (κ2) is 8.04. The number of thioether (sulfide) groups is 1. The highest BCUT2D eigenvalue weighted by Crippen LogP contribution is 2.43. The molecule has 4 nitrogen and oxygen atoms in total. The number of fused-ring (bicyclic) bond motifs is 1. The number of carbonyl (C=O) groups is 1. The van der Waals surface area contributed by atoms with Crippen LogP contribution in [0.4, 0.5) is 4.79 Å². The lowest BCUT2D eigenvalue weighted by atomic mass is 9.96. The van der Waals surface area contributed by atoms with Gasteiger partial charge in [0.15, 0.2) is 5.09 Å². The van der Waals surface area contributed by atoms with Crippen LogP contribution in [-0.2, 0) is 4.74 Å². The molecule has 1 heterocycles. The molecule has 0 bridgehead atoms. The monoisotopic (exact) mass is 427 g/mol. The van der Waals surface area contributed by atoms with Crippen LogP contribution in [0.1, 0.15) is 62.2 Å². The lowest BCUT2D eigenvalue weighted by molar-refractivity contribution is 0.0512. The summed E-state index contributed by atoms with van der Waals surface area (Å²) in [6, 6.07) is 3.89. The van der Waals surface area contributed by atoms with Crippen molar-refractivity contribution < 1.29 is 14.3 Å². The molecular formula is C19H26BrNO3S. The van der Waals surface area contributed by atoms with Crippen LogP contribution in [0.25, 0.3) is 0 Å². The Labute approximate surface area is 162 Å². The standard InChI is InChI=1S/C19H26BrNO3S/c1-7-25-16-10-15(21-18(22)24-19(4,5)6)14-9-11(2)8-13(12(3)20)17(14)23-16/h8-10,12,15H,7H2,1-6H3,(H,21,22). The van der Waals surface area contributed by atoms with Gasteiger partial charge in [0, 0.05) is 16.0 Å². The van der Waals surface area contributed by atoms with Crippen LogP contribution in [0.3, 0.4) is 0 Å². The SMILES string of the molecule is CCSC1=CC(NC(=O)OC(C)(C)C)c2cc(C)cc(C(C)Br)c2O1. The number of carbonyl (C=O) groups excluding carboxylic acids is 1. The van der Waals surface area contributed by atoms with Crippen molar-refractivity contribution in [1.29, 1.82) is 0 Å². The van der Waals surface area contributed by atoms with E-state index >= 15 is 0 Å². The topological polar surface area (TPSA) is 47.6 Å². The summed E-state index contributed by atoms with van der Waals surface area (Å²) in [4.78, 5) is 12.4. The van der Waals surface area contributed by atoms with E-state index in [9.17, 15) is 4.79 Å². The average molecular weight is 428 g/mol. The smallest absolute Gasteiger partial charge is 0.408 e. The van der Waals surface area contributed by atoms with Crippen molar-refractivity contribution in [3.05, 3.63) is 40.0 Å². The number of amides is 1. The molecule has 0 aliphatic carbocycles. The fourth-order valence-electron chi connectivity index (χ4n) is 2.61. The fraction of sp³-hybridized carbons (Fsp3) is 0.526. The van der Waals surface area contributed by atoms with Crippen molar-refractivity contribution >= 4 is 33.8 Å². The highest BCUT2D eigenvalue weighted by atomic mass is 79.9. The van der Waals surface area contributed by atoms with E-state index in [2.05, 4.69) is 47.2 Å². The molecular weight excluding hydrogens is 402 g/mol. The first-order valence-corrected chi connectivity index (χ1v) is 10.3. The average Bonchev–Trinajstić information content (AvgIpc) is 2.45. The van der Waals surface area contributed by atoms with Crippen molar-refractivity contribution in [2.24, 2.45) is 0 Å². The van der Waals surface area contributed by atoms with Crippen LogP contribution in [0.2, 0.25) is 0 Å². The van der Waals surface area contributed by atoms with E-state index in [0.29, 0.717) is 0 Å². The lowest BCUT2D eigenvalue weighted by Crippen LogP contribution is -2.35. The summed E-state index contributed by atoms with van der Waals surface area (Å²) in [7, 11) is 0. The molecule has 0 aromatic heterocycles. The second-order valence-corrected chi connectivity index (χ2v) is 9.68. The van der Waals surface area contributed by atoms with Crippen LogP contribution in [0.5, 0.6) is 5.75 Å². The summed E-state index contributed by atoms with van der Waals surface area (Å²) >= 11 is 5.26. The van der Waals surface area contributed by atoms with Gasteiger partial charge in [-0.3, -0.25) is 0 Å². The van der Waals surface area contributed by atoms with Gasteiger partial charge in [-0.1, -0.05) is 46.2 Å². The van der Waals surface area contributed by atoms with Gasteiger partial charge in [0.25, 0.3) is 0 Å². The van der Waals surface area contributed by atoms with Gasteiger partial charge >= 0.3 is 6.09 Å². The van der Waals surface area contributed by atoms with E-state index in [4.69, 9.17) is 9.47 Å². The molecule has 1 aromatic carbocycles. The van der Waals surface area contributed by atoms with E-state index in [1.807, 2.05) is 33.8 Å². The molecule has 2 unspecified atom stereocenters. The van der Waals surface area contributed by atoms with E-state index in [1.165, 1.54) is 0 Å². The maximum absolute atomic E-state index is 12.3. The summed E-state index contributed by atoms with van der Waals surface area (Å²) in [6.07, 6.45) is 1.51. The lowest BCUT2D eigenvalue weighted by Gasteiger charge is -2.29. The number of halogens is 1. The van der Waals surface area contributed by atoms with Crippen molar-refractivity contribution in [3.63, 3.8) is 0 Å². The number of alkyl halides is 1. The van der Waals surface area contributed by atoms with E-state index in [1.54, 1.807) is 11.8 Å². The van der Waals surface area contributed by atoms with Gasteiger partial charge < -0.3 is 14.8 Å². The first-order valence-electron chi connectivity index (χ1n) is 8.41. The number of ether oxygens (including phenoxy) is 2. The Kier molecular flexibility index (Phi) is 6.49. The first kappa shape index (κ1) is 20.2. The molecule has 0 saturated heterocycles. The summed E-state index contributed by atoms with van der Waals surface area (Å²) in [5.74, 6) is 1.71. The number of hydrogen-bond acceptors (Lipinski definition) is 4. The zero-order chi connectivity index (χ0) is 18.8. The van der Waals surface area contributed by atoms with Gasteiger partial charge in [-0.15, -0.1) is 0 Å². The Hall–Kier alpha value is -1.14. The molecule has 6 heteroatoms. The minimum atomic E-state index is -0.537. The Balaban J connectivity index is 2.40. The third kappa shape index (κ3) is 5.42. The Bertz CT molecular complexity index is 680. The van der Waals surface area contributed by atoms with Crippen LogP contribution < -0.4 is 10.1 Å². The molecule has 2 rings (SSSR count). The van der Waals surface area contributed by atoms with Crippen molar-refractivity contribution in [2.45, 2.75) is 58.0 Å². The summed E-state index contributed by atoms with van der Waals surface area (Å²) in [6.45, 7) is 11.8. The number of benzene rings is 1. The number of nitrogens with one attached hydrogen (secondary N) is 1. The number of alkyl carbamates (subject to hydrolysis) is 1. The van der Waals surface area contributed by atoms with Gasteiger partial charge in [0.1, 0.15) is 11.4 Å². The van der Waals surface area contributed by atoms with E-state index in [0.717, 1.165) is 33.3 Å². The van der Waals surface area contributed by atoms with E-state index in [-0.39, 0.29) is 10.9 Å². The third-order valence-electron chi connectivity index (χ3n) is 3.52. The van der Waals surface area contributed by atoms with Gasteiger partial charge in [-0.05, 0) is 52.5 Å². The molecule has 138 valence electrons. The molecule has 1 amide bonds. The number of rotatable bonds is 4. The zero-order valence-corrected chi connectivity index (χ0v) is 18.0. The fourth-order valence-corrected chi connectivity index (χ4v) is 3.61. The van der Waals surface area contributed by atoms with Crippen molar-refractivity contribution in [3.8, 4) is 5.75 Å². The zero-order valence-electron chi connectivity index (χ0n) is 15.6. The van der Waals surface area contributed by atoms with Crippen LogP contribution >= 0.6 is 27.7 Å². The van der Waals surface area contributed by atoms with Crippen LogP contribution in [0, 0.1) is 6.92 Å². The highest BCUT2D eigenvalue weighted by Gasteiger charge is 2.28. The van der Waals surface area contributed by atoms with Gasteiger partial charge in [0.2, 0.25) is 0 Å². The minimum Gasteiger partial charge on any atom is -0.450 e.